The number of aliphatic hydroxyl groups excluding tert-OH is 1. The lowest BCUT2D eigenvalue weighted by molar-refractivity contribution is -0.384. The zero-order chi connectivity index (χ0) is 24.7. The van der Waals surface area contributed by atoms with Crippen LogP contribution in [0, 0.1) is 10.1 Å². The van der Waals surface area contributed by atoms with Gasteiger partial charge in [0.1, 0.15) is 17.6 Å². The number of rotatable bonds is 5. The molecule has 5 rings (SSSR count). The molecule has 35 heavy (non-hydrogen) atoms. The summed E-state index contributed by atoms with van der Waals surface area (Å²) in [5.74, 6) is -1.10. The van der Waals surface area contributed by atoms with Crippen molar-refractivity contribution in [2.75, 3.05) is 0 Å². The molecule has 2 heterocycles. The van der Waals surface area contributed by atoms with Crippen LogP contribution in [0.15, 0.2) is 78.4 Å². The van der Waals surface area contributed by atoms with Crippen LogP contribution in [-0.2, 0) is 22.6 Å². The second-order valence-corrected chi connectivity index (χ2v) is 8.72. The van der Waals surface area contributed by atoms with Crippen molar-refractivity contribution in [1.29, 1.82) is 0 Å². The van der Waals surface area contributed by atoms with Crippen LogP contribution in [0.1, 0.15) is 35.2 Å². The van der Waals surface area contributed by atoms with Crippen LogP contribution in [0.2, 0.25) is 0 Å². The van der Waals surface area contributed by atoms with E-state index in [0.717, 1.165) is 16.9 Å². The van der Waals surface area contributed by atoms with Gasteiger partial charge in [-0.3, -0.25) is 19.7 Å². The molecule has 8 nitrogen and oxygen atoms in total. The zero-order valence-corrected chi connectivity index (χ0v) is 18.9. The van der Waals surface area contributed by atoms with E-state index in [4.69, 9.17) is 4.74 Å². The molecule has 0 saturated carbocycles. The van der Waals surface area contributed by atoms with Crippen molar-refractivity contribution in [1.82, 2.24) is 4.90 Å². The third-order valence-electron chi connectivity index (χ3n) is 6.32. The van der Waals surface area contributed by atoms with Crippen LogP contribution in [0.3, 0.4) is 0 Å². The van der Waals surface area contributed by atoms with Gasteiger partial charge < -0.3 is 14.7 Å². The van der Waals surface area contributed by atoms with E-state index in [1.807, 2.05) is 37.3 Å². The first-order valence-corrected chi connectivity index (χ1v) is 11.2. The minimum Gasteiger partial charge on any atom is -0.507 e. The Kier molecular flexibility index (Phi) is 5.56. The first-order chi connectivity index (χ1) is 16.8. The molecule has 0 bridgehead atoms. The SMILES string of the molecule is C[C@H]1Cc2cc(C(O)=C3C(=O)C(=O)N(Cc4ccccc4)[C@@H]3c3ccc([N+](=O)[O-])cc3)ccc2O1. The molecule has 1 fully saturated rings. The van der Waals surface area contributed by atoms with Gasteiger partial charge in [0.25, 0.3) is 17.4 Å². The Morgan fingerprint density at radius 2 is 1.80 bits per heavy atom. The molecule has 0 radical (unpaired) electrons. The number of amides is 1. The first kappa shape index (κ1) is 22.3. The van der Waals surface area contributed by atoms with Crippen LogP contribution < -0.4 is 4.74 Å². The molecule has 3 aromatic carbocycles. The highest BCUT2D eigenvalue weighted by molar-refractivity contribution is 6.46. The van der Waals surface area contributed by atoms with Gasteiger partial charge in [0.15, 0.2) is 0 Å². The molecule has 1 N–H and O–H groups in total. The number of nitro groups is 1. The number of ketones is 1. The van der Waals surface area contributed by atoms with Crippen LogP contribution in [0.4, 0.5) is 5.69 Å². The van der Waals surface area contributed by atoms with Crippen molar-refractivity contribution >= 4 is 23.1 Å². The summed E-state index contributed by atoms with van der Waals surface area (Å²) < 4.78 is 5.73. The van der Waals surface area contributed by atoms with Crippen LogP contribution in [-0.4, -0.2) is 32.7 Å². The van der Waals surface area contributed by atoms with Crippen molar-refractivity contribution in [3.63, 3.8) is 0 Å². The zero-order valence-electron chi connectivity index (χ0n) is 18.9. The number of hydrogen-bond acceptors (Lipinski definition) is 6. The number of fused-ring (bicyclic) bond motifs is 1. The van der Waals surface area contributed by atoms with E-state index >= 15 is 0 Å². The lowest BCUT2D eigenvalue weighted by Gasteiger charge is -2.25. The summed E-state index contributed by atoms with van der Waals surface area (Å²) in [5, 5.41) is 22.4. The maximum Gasteiger partial charge on any atom is 0.295 e. The minimum atomic E-state index is -0.903. The molecule has 2 atom stereocenters. The van der Waals surface area contributed by atoms with Gasteiger partial charge in [-0.1, -0.05) is 30.3 Å². The summed E-state index contributed by atoms with van der Waals surface area (Å²) in [5.41, 5.74) is 2.46. The van der Waals surface area contributed by atoms with E-state index in [1.54, 1.807) is 18.2 Å². The summed E-state index contributed by atoms with van der Waals surface area (Å²) in [7, 11) is 0. The largest absolute Gasteiger partial charge is 0.507 e. The number of aliphatic hydroxyl groups is 1. The Morgan fingerprint density at radius 1 is 1.09 bits per heavy atom. The van der Waals surface area contributed by atoms with E-state index in [-0.39, 0.29) is 29.7 Å². The summed E-state index contributed by atoms with van der Waals surface area (Å²) in [6, 6.07) is 19.1. The Bertz CT molecular complexity index is 1360. The maximum absolute atomic E-state index is 13.2. The summed E-state index contributed by atoms with van der Waals surface area (Å²) in [6.45, 7) is 2.09. The fourth-order valence-electron chi connectivity index (χ4n) is 4.67. The van der Waals surface area contributed by atoms with Gasteiger partial charge in [0, 0.05) is 30.7 Å². The molecule has 8 heteroatoms. The number of carbonyl (C=O) groups is 2. The molecular weight excluding hydrogens is 448 g/mol. The van der Waals surface area contributed by atoms with Gasteiger partial charge in [-0.15, -0.1) is 0 Å². The predicted octanol–water partition coefficient (Wildman–Crippen LogP) is 4.54. The predicted molar refractivity (Wildman–Crippen MR) is 128 cm³/mol. The lowest BCUT2D eigenvalue weighted by atomic mass is 9.94. The third kappa shape index (κ3) is 4.03. The number of hydrogen-bond donors (Lipinski definition) is 1. The van der Waals surface area contributed by atoms with Crippen LogP contribution in [0.5, 0.6) is 5.75 Å². The van der Waals surface area contributed by atoms with Gasteiger partial charge in [0.05, 0.1) is 16.5 Å². The highest BCUT2D eigenvalue weighted by Crippen LogP contribution is 2.41. The quantitative estimate of drug-likeness (QED) is 0.193. The second-order valence-electron chi connectivity index (χ2n) is 8.72. The Morgan fingerprint density at radius 3 is 2.49 bits per heavy atom. The third-order valence-corrected chi connectivity index (χ3v) is 6.32. The summed E-state index contributed by atoms with van der Waals surface area (Å²) in [4.78, 5) is 38.4. The van der Waals surface area contributed by atoms with E-state index in [0.29, 0.717) is 17.5 Å². The van der Waals surface area contributed by atoms with Crippen molar-refractivity contribution in [2.45, 2.75) is 32.0 Å². The molecule has 0 unspecified atom stereocenters. The fraction of sp³-hybridized carbons (Fsp3) is 0.185. The van der Waals surface area contributed by atoms with Crippen molar-refractivity contribution in [3.8, 4) is 5.75 Å². The van der Waals surface area contributed by atoms with Crippen molar-refractivity contribution < 1.29 is 24.4 Å². The Labute approximate surface area is 201 Å². The molecule has 1 saturated heterocycles. The number of nitrogens with zero attached hydrogens (tertiary/aromatic N) is 2. The molecule has 0 aromatic heterocycles. The number of nitro benzene ring substituents is 1. The number of likely N-dealkylation sites (tertiary alicyclic amines) is 1. The van der Waals surface area contributed by atoms with Crippen molar-refractivity contribution in [2.24, 2.45) is 0 Å². The summed E-state index contributed by atoms with van der Waals surface area (Å²) in [6.07, 6.45) is 0.684. The Balaban J connectivity index is 1.63. The molecule has 0 spiro atoms. The van der Waals surface area contributed by atoms with Gasteiger partial charge >= 0.3 is 0 Å². The lowest BCUT2D eigenvalue weighted by Crippen LogP contribution is -2.29. The van der Waals surface area contributed by atoms with Crippen molar-refractivity contribution in [3.05, 3.63) is 111 Å². The van der Waals surface area contributed by atoms with Gasteiger partial charge in [-0.2, -0.15) is 0 Å². The van der Waals surface area contributed by atoms with E-state index in [2.05, 4.69) is 0 Å². The van der Waals surface area contributed by atoms with E-state index in [1.165, 1.54) is 29.2 Å². The highest BCUT2D eigenvalue weighted by atomic mass is 16.6. The molecular formula is C27H22N2O6. The standard InChI is InChI=1S/C27H22N2O6/c1-16-13-20-14-19(9-12-22(20)35-16)25(30)23-24(18-7-10-21(11-8-18)29(33)34)28(27(32)26(23)31)15-17-5-3-2-4-6-17/h2-12,14,16,24,30H,13,15H2,1H3/t16-,24+/m0/s1. The average Bonchev–Trinajstić information content (AvgIpc) is 3.35. The van der Waals surface area contributed by atoms with Gasteiger partial charge in [-0.25, -0.2) is 0 Å². The normalized spacial score (nSPS) is 20.5. The molecule has 1 amide bonds. The number of ether oxygens (including phenoxy) is 1. The van der Waals surface area contributed by atoms with E-state index in [9.17, 15) is 24.8 Å². The molecule has 176 valence electrons. The maximum atomic E-state index is 13.2. The molecule has 3 aromatic rings. The van der Waals surface area contributed by atoms with Crippen LogP contribution >= 0.6 is 0 Å². The van der Waals surface area contributed by atoms with Crippen LogP contribution in [0.25, 0.3) is 5.76 Å². The molecule has 2 aliphatic rings. The summed E-state index contributed by atoms with van der Waals surface area (Å²) >= 11 is 0. The van der Waals surface area contributed by atoms with E-state index < -0.39 is 22.7 Å². The first-order valence-electron chi connectivity index (χ1n) is 11.2. The molecule has 0 aliphatic carbocycles. The fourth-order valence-corrected chi connectivity index (χ4v) is 4.67. The highest BCUT2D eigenvalue weighted by Gasteiger charge is 2.46. The number of carbonyl (C=O) groups excluding carboxylic acids is 2. The second kappa shape index (κ2) is 8.72. The van der Waals surface area contributed by atoms with Gasteiger partial charge in [0.2, 0.25) is 0 Å². The monoisotopic (exact) mass is 470 g/mol. The molecule has 2 aliphatic heterocycles. The topological polar surface area (TPSA) is 110 Å². The Hall–Kier alpha value is -4.46. The minimum absolute atomic E-state index is 0.0129. The number of Topliss-reactive ketones (excluding diaryl/α,β-unsaturated/α-hetero) is 1. The number of non-ortho nitro benzene ring substituents is 1. The average molecular weight is 470 g/mol. The smallest absolute Gasteiger partial charge is 0.295 e. The van der Waals surface area contributed by atoms with Gasteiger partial charge in [-0.05, 0) is 53.9 Å². The number of benzene rings is 3.